The zero-order valence-corrected chi connectivity index (χ0v) is 17.5. The van der Waals surface area contributed by atoms with Crippen LogP contribution < -0.4 is 4.90 Å². The van der Waals surface area contributed by atoms with E-state index < -0.39 is 0 Å². The van der Waals surface area contributed by atoms with Crippen molar-refractivity contribution in [3.63, 3.8) is 0 Å². The minimum absolute atomic E-state index is 0.226. The van der Waals surface area contributed by atoms with Gasteiger partial charge in [-0.1, -0.05) is 23.7 Å². The van der Waals surface area contributed by atoms with Crippen molar-refractivity contribution in [3.8, 4) is 0 Å². The lowest BCUT2D eigenvalue weighted by atomic mass is 9.95. The average Bonchev–Trinajstić information content (AvgIpc) is 3.27. The molecule has 5 rings (SSSR count). The highest BCUT2D eigenvalue weighted by molar-refractivity contribution is 6.30. The van der Waals surface area contributed by atoms with Crippen LogP contribution in [-0.2, 0) is 11.2 Å². The molecule has 1 unspecified atom stereocenters. The van der Waals surface area contributed by atoms with Crippen LogP contribution in [0, 0.1) is 23.6 Å². The Balaban J connectivity index is 1.21. The Morgan fingerprint density at radius 3 is 2.53 bits per heavy atom. The molecule has 3 aromatic rings. The lowest BCUT2D eigenvalue weighted by Crippen LogP contribution is -2.22. The molecule has 2 aromatic carbocycles. The van der Waals surface area contributed by atoms with Gasteiger partial charge in [-0.05, 0) is 72.6 Å². The third-order valence-corrected chi connectivity index (χ3v) is 6.95. The summed E-state index contributed by atoms with van der Waals surface area (Å²) in [7, 11) is 0. The van der Waals surface area contributed by atoms with Crippen LogP contribution in [0.2, 0.25) is 5.02 Å². The topological polar surface area (TPSA) is 33.2 Å². The van der Waals surface area contributed by atoms with Gasteiger partial charge < -0.3 is 4.90 Å². The molecule has 0 bridgehead atoms. The van der Waals surface area contributed by atoms with E-state index in [2.05, 4.69) is 9.88 Å². The minimum Gasteiger partial charge on any atom is -0.370 e. The summed E-state index contributed by atoms with van der Waals surface area (Å²) in [6, 6.07) is 14.3. The van der Waals surface area contributed by atoms with Gasteiger partial charge in [0, 0.05) is 48.2 Å². The predicted molar refractivity (Wildman–Crippen MR) is 118 cm³/mol. The second kappa shape index (κ2) is 7.99. The quantitative estimate of drug-likeness (QED) is 0.529. The predicted octanol–water partition coefficient (Wildman–Crippen LogP) is 5.69. The summed E-state index contributed by atoms with van der Waals surface area (Å²) in [5.74, 6) is 1.78. The van der Waals surface area contributed by atoms with E-state index in [1.54, 1.807) is 12.1 Å². The third-order valence-electron chi connectivity index (χ3n) is 6.70. The van der Waals surface area contributed by atoms with Crippen LogP contribution in [0.25, 0.3) is 10.9 Å². The molecule has 1 aromatic heterocycles. The molecule has 3 atom stereocenters. The van der Waals surface area contributed by atoms with E-state index in [-0.39, 0.29) is 5.82 Å². The van der Waals surface area contributed by atoms with E-state index in [0.29, 0.717) is 41.4 Å². The first-order chi connectivity index (χ1) is 14.5. The zero-order chi connectivity index (χ0) is 20.7. The molecule has 154 valence electrons. The van der Waals surface area contributed by atoms with Crippen LogP contribution in [0.1, 0.15) is 24.8 Å². The second-order valence-corrected chi connectivity index (χ2v) is 9.24. The molecule has 1 saturated heterocycles. The molecule has 1 saturated carbocycles. The third kappa shape index (κ3) is 3.93. The summed E-state index contributed by atoms with van der Waals surface area (Å²) in [4.78, 5) is 19.3. The second-order valence-electron chi connectivity index (χ2n) is 8.80. The number of aromatic nitrogens is 1. The summed E-state index contributed by atoms with van der Waals surface area (Å²) >= 11 is 5.93. The van der Waals surface area contributed by atoms with Gasteiger partial charge in [-0.15, -0.1) is 0 Å². The Labute approximate surface area is 180 Å². The average molecular weight is 423 g/mol. The van der Waals surface area contributed by atoms with Crippen molar-refractivity contribution >= 4 is 34.0 Å². The number of fused-ring (bicyclic) bond motifs is 2. The Bertz CT molecular complexity index is 1070. The number of halogens is 2. The van der Waals surface area contributed by atoms with Gasteiger partial charge in [0.15, 0.2) is 0 Å². The van der Waals surface area contributed by atoms with Crippen molar-refractivity contribution in [3.05, 3.63) is 71.1 Å². The number of rotatable bonds is 5. The number of hydrogen-bond donors (Lipinski definition) is 0. The Morgan fingerprint density at radius 1 is 1.07 bits per heavy atom. The molecule has 5 heteroatoms. The number of carbonyl (C=O) groups excluding carboxylic acids is 1. The van der Waals surface area contributed by atoms with Gasteiger partial charge in [0.25, 0.3) is 0 Å². The summed E-state index contributed by atoms with van der Waals surface area (Å²) in [5, 5.41) is 1.58. The van der Waals surface area contributed by atoms with Crippen LogP contribution in [0.3, 0.4) is 0 Å². The van der Waals surface area contributed by atoms with Crippen LogP contribution >= 0.6 is 11.6 Å². The van der Waals surface area contributed by atoms with Gasteiger partial charge in [0.2, 0.25) is 0 Å². The summed E-state index contributed by atoms with van der Waals surface area (Å²) in [6.07, 6.45) is 5.17. The molecule has 0 radical (unpaired) electrons. The first-order valence-corrected chi connectivity index (χ1v) is 11.0. The molecule has 1 aliphatic carbocycles. The maximum atomic E-state index is 13.8. The number of carbonyl (C=O) groups is 1. The van der Waals surface area contributed by atoms with E-state index in [1.807, 2.05) is 36.5 Å². The number of hydrogen-bond acceptors (Lipinski definition) is 3. The van der Waals surface area contributed by atoms with Crippen LogP contribution in [0.5, 0.6) is 0 Å². The molecule has 2 fully saturated rings. The van der Waals surface area contributed by atoms with Crippen LogP contribution in [0.4, 0.5) is 10.1 Å². The molecule has 2 heterocycles. The highest BCUT2D eigenvalue weighted by Crippen LogP contribution is 2.45. The van der Waals surface area contributed by atoms with E-state index in [9.17, 15) is 9.18 Å². The van der Waals surface area contributed by atoms with E-state index >= 15 is 0 Å². The van der Waals surface area contributed by atoms with Gasteiger partial charge in [-0.3, -0.25) is 9.78 Å². The van der Waals surface area contributed by atoms with Crippen molar-refractivity contribution in [2.45, 2.75) is 25.7 Å². The highest BCUT2D eigenvalue weighted by atomic mass is 35.5. The smallest absolute Gasteiger partial charge is 0.137 e. The lowest BCUT2D eigenvalue weighted by molar-refractivity contribution is -0.119. The number of nitrogens with zero attached hydrogens (tertiary/aromatic N) is 2. The fraction of sp³-hybridized carbons (Fsp3) is 0.360. The molecule has 3 nitrogen and oxygen atoms in total. The Kier molecular flexibility index (Phi) is 5.20. The first kappa shape index (κ1) is 19.5. The van der Waals surface area contributed by atoms with Gasteiger partial charge in [-0.25, -0.2) is 4.39 Å². The monoisotopic (exact) mass is 422 g/mol. The van der Waals surface area contributed by atoms with E-state index in [4.69, 9.17) is 11.6 Å². The standard InChI is InChI=1S/C25H24ClFN2O/c26-20-3-1-16(2-4-20)11-22(30)12-17-9-18-14-29(15-19(18)10-17)25-7-8-28-24-6-5-21(27)13-23(24)25/h1-8,13,17-19H,9-12,14-15H2/t17?,18-,19+. The maximum absolute atomic E-state index is 13.8. The van der Waals surface area contributed by atoms with Crippen molar-refractivity contribution in [2.24, 2.45) is 17.8 Å². The van der Waals surface area contributed by atoms with Crippen molar-refractivity contribution in [2.75, 3.05) is 18.0 Å². The minimum atomic E-state index is -0.226. The van der Waals surface area contributed by atoms with E-state index in [1.165, 1.54) is 6.07 Å². The molecule has 1 aliphatic heterocycles. The number of ketones is 1. The van der Waals surface area contributed by atoms with Gasteiger partial charge in [0.05, 0.1) is 5.52 Å². The fourth-order valence-electron chi connectivity index (χ4n) is 5.39. The van der Waals surface area contributed by atoms with Crippen LogP contribution in [-0.4, -0.2) is 23.9 Å². The maximum Gasteiger partial charge on any atom is 0.137 e. The molecule has 0 spiro atoms. The van der Waals surface area contributed by atoms with Gasteiger partial charge in [0.1, 0.15) is 11.6 Å². The van der Waals surface area contributed by atoms with Crippen molar-refractivity contribution in [1.29, 1.82) is 0 Å². The first-order valence-electron chi connectivity index (χ1n) is 10.6. The van der Waals surface area contributed by atoms with Gasteiger partial charge in [-0.2, -0.15) is 0 Å². The molecule has 0 amide bonds. The largest absolute Gasteiger partial charge is 0.370 e. The molecule has 30 heavy (non-hydrogen) atoms. The summed E-state index contributed by atoms with van der Waals surface area (Å²) in [5.41, 5.74) is 2.94. The molecular weight excluding hydrogens is 399 g/mol. The van der Waals surface area contributed by atoms with Gasteiger partial charge >= 0.3 is 0 Å². The van der Waals surface area contributed by atoms with Crippen molar-refractivity contribution < 1.29 is 9.18 Å². The normalized spacial score (nSPS) is 23.1. The number of benzene rings is 2. The highest BCUT2D eigenvalue weighted by Gasteiger charge is 2.41. The van der Waals surface area contributed by atoms with E-state index in [0.717, 1.165) is 48.1 Å². The number of Topliss-reactive ketones (excluding diaryl/α,β-unsaturated/α-hetero) is 1. The SMILES string of the molecule is O=C(Cc1ccc(Cl)cc1)CC1C[C@@H]2CN(c3ccnc4ccc(F)cc34)C[C@@H]2C1. The molecule has 0 N–H and O–H groups in total. The van der Waals surface area contributed by atoms with Crippen molar-refractivity contribution in [1.82, 2.24) is 4.98 Å². The fourth-order valence-corrected chi connectivity index (χ4v) is 5.52. The summed E-state index contributed by atoms with van der Waals surface area (Å²) in [6.45, 7) is 1.95. The lowest BCUT2D eigenvalue weighted by Gasteiger charge is -2.22. The number of pyridine rings is 1. The Morgan fingerprint density at radius 2 is 1.80 bits per heavy atom. The number of anilines is 1. The molecular formula is C25H24ClFN2O. The molecule has 2 aliphatic rings. The zero-order valence-electron chi connectivity index (χ0n) is 16.7. The van der Waals surface area contributed by atoms with Crippen LogP contribution in [0.15, 0.2) is 54.7 Å². The summed E-state index contributed by atoms with van der Waals surface area (Å²) < 4.78 is 13.8. The Hall–Kier alpha value is -2.46.